The Morgan fingerprint density at radius 2 is 1.92 bits per heavy atom. The van der Waals surface area contributed by atoms with Crippen LogP contribution in [0.3, 0.4) is 0 Å². The zero-order valence-electron chi connectivity index (χ0n) is 8.50. The molecule has 1 heteroatoms. The van der Waals surface area contributed by atoms with Crippen molar-refractivity contribution in [3.63, 3.8) is 0 Å². The fraction of sp³-hybridized carbons (Fsp3) is 0.667. The second-order valence-electron chi connectivity index (χ2n) is 4.37. The Kier molecular flexibility index (Phi) is 2.54. The predicted molar refractivity (Wildman–Crippen MR) is 56.7 cm³/mol. The van der Waals surface area contributed by atoms with Crippen LogP contribution in [0.1, 0.15) is 32.1 Å². The second kappa shape index (κ2) is 3.67. The number of piperidine rings is 2. The predicted octanol–water partition coefficient (Wildman–Crippen LogP) is 2.75. The summed E-state index contributed by atoms with van der Waals surface area (Å²) in [6.45, 7) is 3.78. The van der Waals surface area contributed by atoms with Gasteiger partial charge in [-0.2, -0.15) is 0 Å². The van der Waals surface area contributed by atoms with Crippen molar-refractivity contribution < 1.29 is 0 Å². The fourth-order valence-electron chi connectivity index (χ4n) is 2.78. The van der Waals surface area contributed by atoms with Crippen molar-refractivity contribution in [1.29, 1.82) is 0 Å². The Balaban J connectivity index is 2.11. The number of rotatable bonds is 1. The van der Waals surface area contributed by atoms with Crippen LogP contribution in [0.5, 0.6) is 0 Å². The lowest BCUT2D eigenvalue weighted by Crippen LogP contribution is -2.47. The van der Waals surface area contributed by atoms with Gasteiger partial charge in [0, 0.05) is 12.1 Å². The molecule has 2 aliphatic rings. The van der Waals surface area contributed by atoms with Crippen LogP contribution >= 0.6 is 0 Å². The first-order valence-electron chi connectivity index (χ1n) is 5.33. The lowest BCUT2D eigenvalue weighted by atomic mass is 9.82. The van der Waals surface area contributed by atoms with Crippen molar-refractivity contribution in [3.05, 3.63) is 24.3 Å². The summed E-state index contributed by atoms with van der Waals surface area (Å²) in [5.74, 6) is 0. The van der Waals surface area contributed by atoms with E-state index in [1.54, 1.807) is 5.57 Å². The zero-order valence-corrected chi connectivity index (χ0v) is 8.50. The molecule has 1 nitrogen and oxygen atoms in total. The van der Waals surface area contributed by atoms with Crippen LogP contribution in [-0.4, -0.2) is 24.0 Å². The molecule has 72 valence electrons. The van der Waals surface area contributed by atoms with Crippen molar-refractivity contribution in [2.24, 2.45) is 0 Å². The van der Waals surface area contributed by atoms with Crippen LogP contribution in [0.25, 0.3) is 0 Å². The Morgan fingerprint density at radius 1 is 1.31 bits per heavy atom. The molecule has 0 aliphatic carbocycles. The first kappa shape index (κ1) is 9.01. The minimum atomic E-state index is 0.818. The highest BCUT2D eigenvalue weighted by molar-refractivity contribution is 5.17. The van der Waals surface area contributed by atoms with E-state index < -0.39 is 0 Å². The van der Waals surface area contributed by atoms with Gasteiger partial charge in [0.25, 0.3) is 0 Å². The minimum Gasteiger partial charge on any atom is -0.300 e. The van der Waals surface area contributed by atoms with Gasteiger partial charge >= 0.3 is 0 Å². The summed E-state index contributed by atoms with van der Waals surface area (Å²) in [6, 6.07) is 1.64. The second-order valence-corrected chi connectivity index (χ2v) is 4.37. The van der Waals surface area contributed by atoms with Crippen LogP contribution in [0.4, 0.5) is 0 Å². The highest BCUT2D eigenvalue weighted by Crippen LogP contribution is 2.35. The molecule has 2 rings (SSSR count). The number of allylic oxidation sites excluding steroid dienone is 2. The zero-order chi connectivity index (χ0) is 9.26. The molecule has 0 aromatic carbocycles. The normalized spacial score (nSPS) is 34.4. The number of nitrogens with zero attached hydrogens (tertiary/aromatic N) is 1. The van der Waals surface area contributed by atoms with E-state index >= 15 is 0 Å². The maximum absolute atomic E-state index is 3.78. The van der Waals surface area contributed by atoms with Gasteiger partial charge in [-0.25, -0.2) is 0 Å². The Labute approximate surface area is 81.1 Å². The molecular weight excluding hydrogens is 158 g/mol. The van der Waals surface area contributed by atoms with E-state index in [0.717, 1.165) is 12.1 Å². The molecule has 2 unspecified atom stereocenters. The SMILES string of the molecule is C=CC=C1CC2CCCC(C1)N2C. The van der Waals surface area contributed by atoms with E-state index in [1.165, 1.54) is 32.1 Å². The van der Waals surface area contributed by atoms with Crippen LogP contribution in [0, 0.1) is 0 Å². The smallest absolute Gasteiger partial charge is 0.0133 e. The molecule has 2 atom stereocenters. The number of hydrogen-bond acceptors (Lipinski definition) is 1. The average Bonchev–Trinajstić information content (AvgIpc) is 2.07. The van der Waals surface area contributed by atoms with Gasteiger partial charge in [-0.3, -0.25) is 4.90 Å². The van der Waals surface area contributed by atoms with E-state index in [4.69, 9.17) is 0 Å². The van der Waals surface area contributed by atoms with Gasteiger partial charge in [0.2, 0.25) is 0 Å². The molecule has 13 heavy (non-hydrogen) atoms. The Hall–Kier alpha value is -0.560. The highest BCUT2D eigenvalue weighted by atomic mass is 15.2. The third-order valence-corrected chi connectivity index (χ3v) is 3.58. The fourth-order valence-corrected chi connectivity index (χ4v) is 2.78. The maximum Gasteiger partial charge on any atom is 0.0133 e. The first-order chi connectivity index (χ1) is 6.31. The summed E-state index contributed by atoms with van der Waals surface area (Å²) in [7, 11) is 2.29. The van der Waals surface area contributed by atoms with Gasteiger partial charge in [-0.1, -0.05) is 30.7 Å². The van der Waals surface area contributed by atoms with Crippen LogP contribution in [0.2, 0.25) is 0 Å². The standard InChI is InChI=1S/C12H19N/c1-3-5-10-8-11-6-4-7-12(9-10)13(11)2/h3,5,11-12H,1,4,6-9H2,2H3. The molecule has 0 saturated carbocycles. The quantitative estimate of drug-likeness (QED) is 0.595. The van der Waals surface area contributed by atoms with E-state index in [0.29, 0.717) is 0 Å². The summed E-state index contributed by atoms with van der Waals surface area (Å²) in [5, 5.41) is 0. The Bertz CT molecular complexity index is 213. The molecule has 0 spiro atoms. The third-order valence-electron chi connectivity index (χ3n) is 3.58. The van der Waals surface area contributed by atoms with Gasteiger partial charge in [-0.05, 0) is 32.7 Å². The van der Waals surface area contributed by atoms with Crippen LogP contribution in [-0.2, 0) is 0 Å². The maximum atomic E-state index is 3.78. The molecule has 2 aliphatic heterocycles. The molecule has 2 bridgehead atoms. The molecule has 0 radical (unpaired) electrons. The number of fused-ring (bicyclic) bond motifs is 2. The van der Waals surface area contributed by atoms with Crippen molar-refractivity contribution in [3.8, 4) is 0 Å². The van der Waals surface area contributed by atoms with E-state index in [1.807, 2.05) is 6.08 Å². The highest BCUT2D eigenvalue weighted by Gasteiger charge is 2.32. The van der Waals surface area contributed by atoms with Crippen molar-refractivity contribution >= 4 is 0 Å². The molecular formula is C12H19N. The van der Waals surface area contributed by atoms with E-state index in [9.17, 15) is 0 Å². The topological polar surface area (TPSA) is 3.24 Å². The largest absolute Gasteiger partial charge is 0.300 e. The first-order valence-corrected chi connectivity index (χ1v) is 5.33. The van der Waals surface area contributed by atoms with Gasteiger partial charge in [0.05, 0.1) is 0 Å². The van der Waals surface area contributed by atoms with E-state index in [-0.39, 0.29) is 0 Å². The number of hydrogen-bond donors (Lipinski definition) is 0. The lowest BCUT2D eigenvalue weighted by molar-refractivity contribution is 0.0907. The van der Waals surface area contributed by atoms with Gasteiger partial charge < -0.3 is 0 Å². The summed E-state index contributed by atoms with van der Waals surface area (Å²) in [6.07, 6.45) is 10.9. The van der Waals surface area contributed by atoms with Gasteiger partial charge in [0.15, 0.2) is 0 Å². The molecule has 0 aromatic rings. The molecule has 0 N–H and O–H groups in total. The summed E-state index contributed by atoms with van der Waals surface area (Å²) < 4.78 is 0. The lowest BCUT2D eigenvalue weighted by Gasteiger charge is -2.45. The molecule has 2 fully saturated rings. The van der Waals surface area contributed by atoms with Crippen molar-refractivity contribution in [1.82, 2.24) is 4.90 Å². The summed E-state index contributed by atoms with van der Waals surface area (Å²) in [5.41, 5.74) is 1.61. The van der Waals surface area contributed by atoms with Gasteiger partial charge in [-0.15, -0.1) is 0 Å². The average molecular weight is 177 g/mol. The summed E-state index contributed by atoms with van der Waals surface area (Å²) in [4.78, 5) is 2.59. The summed E-state index contributed by atoms with van der Waals surface area (Å²) >= 11 is 0. The molecule has 2 heterocycles. The third kappa shape index (κ3) is 1.71. The molecule has 0 aromatic heterocycles. The van der Waals surface area contributed by atoms with Crippen molar-refractivity contribution in [2.75, 3.05) is 7.05 Å². The molecule has 0 amide bonds. The minimum absolute atomic E-state index is 0.818. The monoisotopic (exact) mass is 177 g/mol. The Morgan fingerprint density at radius 3 is 2.46 bits per heavy atom. The van der Waals surface area contributed by atoms with E-state index in [2.05, 4.69) is 24.6 Å². The van der Waals surface area contributed by atoms with Crippen molar-refractivity contribution in [2.45, 2.75) is 44.2 Å². The van der Waals surface area contributed by atoms with Crippen LogP contribution < -0.4 is 0 Å². The molecule has 2 saturated heterocycles. The van der Waals surface area contributed by atoms with Gasteiger partial charge in [0.1, 0.15) is 0 Å². The van der Waals surface area contributed by atoms with Crippen LogP contribution in [0.15, 0.2) is 24.3 Å².